The van der Waals surface area contributed by atoms with Gasteiger partial charge < -0.3 is 4.43 Å². The summed E-state index contributed by atoms with van der Waals surface area (Å²) in [5, 5.41) is 0. The molecule has 3 nitrogen and oxygen atoms in total. The van der Waals surface area contributed by atoms with E-state index in [-0.39, 0.29) is 11.5 Å². The lowest BCUT2D eigenvalue weighted by atomic mass is 9.89. The molecule has 14 heavy (non-hydrogen) atoms. The summed E-state index contributed by atoms with van der Waals surface area (Å²) in [5.41, 5.74) is 1.83. The largest absolute Gasteiger partial charge is 0.410 e. The zero-order chi connectivity index (χ0) is 10.8. The average molecular weight is 230 g/mol. The van der Waals surface area contributed by atoms with Crippen molar-refractivity contribution in [2.75, 3.05) is 0 Å². The molecule has 0 bridgehead atoms. The molecule has 0 N–H and O–H groups in total. The van der Waals surface area contributed by atoms with Gasteiger partial charge in [0.25, 0.3) is 0 Å². The van der Waals surface area contributed by atoms with Crippen LogP contribution in [0.4, 0.5) is 0 Å². The van der Waals surface area contributed by atoms with E-state index in [0.29, 0.717) is 0 Å². The number of rotatable bonds is 3. The molecule has 1 aromatic heterocycles. The van der Waals surface area contributed by atoms with Crippen LogP contribution in [-0.4, -0.2) is 18.4 Å². The Morgan fingerprint density at radius 2 is 2.07 bits per heavy atom. The van der Waals surface area contributed by atoms with Crippen LogP contribution in [0.5, 0.6) is 0 Å². The smallest absolute Gasteiger partial charge is 0.172 e. The first-order chi connectivity index (χ1) is 6.41. The van der Waals surface area contributed by atoms with Gasteiger partial charge in [0.2, 0.25) is 0 Å². The normalized spacial score (nSPS) is 14.7. The Hall–Kier alpha value is -0.263. The third-order valence-electron chi connectivity index (χ3n) is 1.81. The summed E-state index contributed by atoms with van der Waals surface area (Å²) in [4.78, 5) is 4.24. The molecule has 1 rings (SSSR count). The maximum absolute atomic E-state index is 5.98. The van der Waals surface area contributed by atoms with Gasteiger partial charge in [-0.1, -0.05) is 20.8 Å². The van der Waals surface area contributed by atoms with Crippen molar-refractivity contribution in [3.8, 4) is 0 Å². The van der Waals surface area contributed by atoms with E-state index in [1.165, 1.54) is 11.5 Å². The van der Waals surface area contributed by atoms with Crippen LogP contribution in [0.2, 0.25) is 13.1 Å². The van der Waals surface area contributed by atoms with E-state index in [1.54, 1.807) is 5.51 Å². The Morgan fingerprint density at radius 3 is 2.43 bits per heavy atom. The summed E-state index contributed by atoms with van der Waals surface area (Å²) in [6.45, 7) is 10.8. The van der Waals surface area contributed by atoms with E-state index in [0.717, 1.165) is 5.82 Å². The van der Waals surface area contributed by atoms with Crippen LogP contribution in [0, 0.1) is 5.41 Å². The quantitative estimate of drug-likeness (QED) is 0.749. The van der Waals surface area contributed by atoms with Crippen molar-refractivity contribution in [2.45, 2.75) is 40.0 Å². The molecule has 0 aliphatic carbocycles. The van der Waals surface area contributed by atoms with Crippen molar-refractivity contribution in [3.05, 3.63) is 11.3 Å². The van der Waals surface area contributed by atoms with E-state index in [4.69, 9.17) is 4.43 Å². The SMILES string of the molecule is C[SiH](C)OC(c1ncsn1)C(C)(C)C. The molecule has 5 heteroatoms. The molecule has 1 heterocycles. The van der Waals surface area contributed by atoms with Gasteiger partial charge in [-0.05, 0) is 30.0 Å². The second kappa shape index (κ2) is 4.50. The van der Waals surface area contributed by atoms with Crippen LogP contribution in [0.3, 0.4) is 0 Å². The third-order valence-corrected chi connectivity index (χ3v) is 3.12. The summed E-state index contributed by atoms with van der Waals surface area (Å²) in [5.74, 6) is 0.837. The van der Waals surface area contributed by atoms with Crippen LogP contribution in [0.15, 0.2) is 5.51 Å². The lowest BCUT2D eigenvalue weighted by Gasteiger charge is -2.30. The van der Waals surface area contributed by atoms with Gasteiger partial charge in [-0.25, -0.2) is 4.98 Å². The van der Waals surface area contributed by atoms with Crippen molar-refractivity contribution in [1.82, 2.24) is 9.36 Å². The van der Waals surface area contributed by atoms with Crippen molar-refractivity contribution in [1.29, 1.82) is 0 Å². The summed E-state index contributed by atoms with van der Waals surface area (Å²) in [7, 11) is -1.05. The van der Waals surface area contributed by atoms with E-state index in [9.17, 15) is 0 Å². The maximum atomic E-state index is 5.98. The van der Waals surface area contributed by atoms with Crippen LogP contribution in [0.25, 0.3) is 0 Å². The zero-order valence-corrected chi connectivity index (χ0v) is 11.4. The van der Waals surface area contributed by atoms with Crippen LogP contribution >= 0.6 is 11.5 Å². The molecule has 1 atom stereocenters. The second-order valence-electron chi connectivity index (χ2n) is 4.72. The standard InChI is InChI=1S/C9H18N2OSSi/c1-9(2,3)7(12-14(4)5)8-10-6-13-11-8/h6-7,14H,1-5H3. The number of aromatic nitrogens is 2. The fourth-order valence-electron chi connectivity index (χ4n) is 1.22. The first-order valence-electron chi connectivity index (χ1n) is 4.83. The van der Waals surface area contributed by atoms with E-state index in [2.05, 4.69) is 43.2 Å². The van der Waals surface area contributed by atoms with Gasteiger partial charge >= 0.3 is 0 Å². The molecule has 0 spiro atoms. The minimum absolute atomic E-state index is 0.0421. The molecule has 0 saturated carbocycles. The summed E-state index contributed by atoms with van der Waals surface area (Å²) < 4.78 is 10.2. The second-order valence-corrected chi connectivity index (χ2v) is 7.69. The summed E-state index contributed by atoms with van der Waals surface area (Å²) >= 11 is 1.39. The predicted molar refractivity (Wildman–Crippen MR) is 62.1 cm³/mol. The van der Waals surface area contributed by atoms with Gasteiger partial charge in [0.15, 0.2) is 14.9 Å². The van der Waals surface area contributed by atoms with E-state index >= 15 is 0 Å². The predicted octanol–water partition coefficient (Wildman–Crippen LogP) is 2.63. The average Bonchev–Trinajstić information content (AvgIpc) is 2.49. The Kier molecular flexibility index (Phi) is 3.80. The third kappa shape index (κ3) is 3.15. The molecular weight excluding hydrogens is 212 g/mol. The first-order valence-corrected chi connectivity index (χ1v) is 8.44. The van der Waals surface area contributed by atoms with Crippen LogP contribution in [0.1, 0.15) is 32.7 Å². The monoisotopic (exact) mass is 230 g/mol. The molecule has 1 unspecified atom stereocenters. The van der Waals surface area contributed by atoms with Gasteiger partial charge in [-0.2, -0.15) is 4.37 Å². The Balaban J connectivity index is 2.83. The van der Waals surface area contributed by atoms with Crippen molar-refractivity contribution in [3.63, 3.8) is 0 Å². The first kappa shape index (κ1) is 11.8. The van der Waals surface area contributed by atoms with E-state index < -0.39 is 9.04 Å². The Bertz CT molecular complexity index is 269. The Labute approximate surface area is 91.4 Å². The zero-order valence-electron chi connectivity index (χ0n) is 9.44. The lowest BCUT2D eigenvalue weighted by Crippen LogP contribution is -2.26. The molecular formula is C9H18N2OSSi. The van der Waals surface area contributed by atoms with Crippen molar-refractivity contribution in [2.24, 2.45) is 5.41 Å². The fourth-order valence-corrected chi connectivity index (χ4v) is 2.75. The molecule has 0 saturated heterocycles. The molecule has 0 amide bonds. The number of hydrogen-bond acceptors (Lipinski definition) is 4. The highest BCUT2D eigenvalue weighted by Gasteiger charge is 2.30. The molecule has 0 aromatic carbocycles. The highest BCUT2D eigenvalue weighted by molar-refractivity contribution is 7.03. The van der Waals surface area contributed by atoms with Crippen molar-refractivity contribution >= 4 is 20.6 Å². The minimum Gasteiger partial charge on any atom is -0.410 e. The molecule has 0 aliphatic rings. The topological polar surface area (TPSA) is 35.0 Å². The number of hydrogen-bond donors (Lipinski definition) is 0. The highest BCUT2D eigenvalue weighted by atomic mass is 32.1. The minimum atomic E-state index is -1.05. The van der Waals surface area contributed by atoms with E-state index in [1.807, 2.05) is 0 Å². The summed E-state index contributed by atoms with van der Waals surface area (Å²) in [6.07, 6.45) is 0.0421. The Morgan fingerprint density at radius 1 is 1.43 bits per heavy atom. The highest BCUT2D eigenvalue weighted by Crippen LogP contribution is 2.34. The molecule has 80 valence electrons. The molecule has 1 aromatic rings. The van der Waals surface area contributed by atoms with Gasteiger partial charge in [0.1, 0.15) is 11.6 Å². The molecule has 0 fully saturated rings. The summed E-state index contributed by atoms with van der Waals surface area (Å²) in [6, 6.07) is 0. The number of nitrogens with zero attached hydrogens (tertiary/aromatic N) is 2. The van der Waals surface area contributed by atoms with Gasteiger partial charge in [-0.3, -0.25) is 0 Å². The van der Waals surface area contributed by atoms with Gasteiger partial charge in [-0.15, -0.1) is 0 Å². The maximum Gasteiger partial charge on any atom is 0.172 e. The van der Waals surface area contributed by atoms with Gasteiger partial charge in [0.05, 0.1) is 0 Å². The fraction of sp³-hybridized carbons (Fsp3) is 0.778. The molecule has 0 aliphatic heterocycles. The lowest BCUT2D eigenvalue weighted by molar-refractivity contribution is 0.0796. The van der Waals surface area contributed by atoms with Crippen LogP contribution < -0.4 is 0 Å². The van der Waals surface area contributed by atoms with Crippen molar-refractivity contribution < 1.29 is 4.43 Å². The molecule has 0 radical (unpaired) electrons. The van der Waals surface area contributed by atoms with Gasteiger partial charge in [0, 0.05) is 0 Å². The van der Waals surface area contributed by atoms with Crippen LogP contribution in [-0.2, 0) is 4.43 Å².